The number of anilines is 1. The summed E-state index contributed by atoms with van der Waals surface area (Å²) in [5.41, 5.74) is 1.88. The molecule has 9 heteroatoms. The minimum Gasteiger partial charge on any atom is -0.393 e. The van der Waals surface area contributed by atoms with Crippen molar-refractivity contribution in [1.82, 2.24) is 9.88 Å². The summed E-state index contributed by atoms with van der Waals surface area (Å²) in [5, 5.41) is 13.1. The first-order chi connectivity index (χ1) is 19.6. The number of aliphatic hydroxyl groups excluding tert-OH is 1. The van der Waals surface area contributed by atoms with Crippen LogP contribution in [0.5, 0.6) is 0 Å². The Morgan fingerprint density at radius 2 is 1.68 bits per heavy atom. The molecule has 2 heterocycles. The van der Waals surface area contributed by atoms with Crippen LogP contribution < -0.4 is 5.32 Å². The lowest BCUT2D eigenvalue weighted by molar-refractivity contribution is -0.115. The predicted molar refractivity (Wildman–Crippen MR) is 165 cm³/mol. The molecule has 2 saturated carbocycles. The first-order valence-electron chi connectivity index (χ1n) is 15.7. The standard InChI is InChI=1S/C32H47N3O4S2/c1-21(2)31-30-28(20-35(31)19-24-10-14-26(36)15-11-24)40-32(34-30)33-29(37)18-23-12-16-27(17-13-23)41(38,39)22(3)25-8-6-4-5-7-9-25/h12-13,16-17,21-22,24-26,31,36H,4-11,14-15,18-20H2,1-3H3,(H,33,34,37)/t22?,24-,26-,31-/m0/s1. The van der Waals surface area contributed by atoms with Crippen molar-refractivity contribution in [3.63, 3.8) is 0 Å². The van der Waals surface area contributed by atoms with Crippen LogP contribution in [-0.4, -0.2) is 47.2 Å². The molecule has 2 fully saturated rings. The van der Waals surface area contributed by atoms with Crippen molar-refractivity contribution in [2.24, 2.45) is 17.8 Å². The van der Waals surface area contributed by atoms with Gasteiger partial charge in [0.05, 0.1) is 34.4 Å². The monoisotopic (exact) mass is 601 g/mol. The van der Waals surface area contributed by atoms with Crippen molar-refractivity contribution in [3.8, 4) is 0 Å². The van der Waals surface area contributed by atoms with Gasteiger partial charge in [0.2, 0.25) is 5.91 Å². The van der Waals surface area contributed by atoms with Crippen molar-refractivity contribution < 1.29 is 18.3 Å². The number of benzene rings is 1. The average Bonchev–Trinajstić information content (AvgIpc) is 3.32. The zero-order chi connectivity index (χ0) is 29.1. The molecule has 3 aliphatic rings. The maximum Gasteiger partial charge on any atom is 0.230 e. The summed E-state index contributed by atoms with van der Waals surface area (Å²) in [6, 6.07) is 7.11. The van der Waals surface area contributed by atoms with Crippen LogP contribution in [0, 0.1) is 17.8 Å². The molecule has 2 aromatic rings. The fourth-order valence-electron chi connectivity index (χ4n) is 7.19. The van der Waals surface area contributed by atoms with Crippen LogP contribution in [0.2, 0.25) is 0 Å². The summed E-state index contributed by atoms with van der Waals surface area (Å²) in [4.78, 5) is 21.9. The maximum atomic E-state index is 13.3. The van der Waals surface area contributed by atoms with Gasteiger partial charge in [-0.25, -0.2) is 13.4 Å². The van der Waals surface area contributed by atoms with Gasteiger partial charge in [0.15, 0.2) is 15.0 Å². The van der Waals surface area contributed by atoms with Crippen LogP contribution in [0.4, 0.5) is 5.13 Å². The molecule has 1 aromatic heterocycles. The van der Waals surface area contributed by atoms with Gasteiger partial charge < -0.3 is 10.4 Å². The number of hydrogen-bond donors (Lipinski definition) is 2. The van der Waals surface area contributed by atoms with E-state index in [9.17, 15) is 18.3 Å². The first-order valence-corrected chi connectivity index (χ1v) is 18.0. The Labute approximate surface area is 250 Å². The van der Waals surface area contributed by atoms with Crippen molar-refractivity contribution in [3.05, 3.63) is 40.4 Å². The SMILES string of the molecule is CC(C)[C@H]1c2nc(NC(=O)Cc3ccc(S(=O)(=O)C(C)C4CCCCCC4)cc3)sc2CN1C[C@H]1CC[C@H](O)CC1. The Kier molecular flexibility index (Phi) is 9.89. The number of carbonyl (C=O) groups excluding carboxylic acids is 1. The molecule has 0 bridgehead atoms. The number of hydrogen-bond acceptors (Lipinski definition) is 7. The van der Waals surface area contributed by atoms with Crippen molar-refractivity contribution in [1.29, 1.82) is 0 Å². The molecule has 5 rings (SSSR count). The summed E-state index contributed by atoms with van der Waals surface area (Å²) in [5.74, 6) is 1.11. The van der Waals surface area contributed by atoms with E-state index in [1.807, 2.05) is 6.92 Å². The molecule has 2 atom stereocenters. The van der Waals surface area contributed by atoms with E-state index in [0.717, 1.165) is 75.7 Å². The Balaban J connectivity index is 1.17. The average molecular weight is 602 g/mol. The van der Waals surface area contributed by atoms with Crippen LogP contribution in [0.3, 0.4) is 0 Å². The number of nitrogens with zero attached hydrogens (tertiary/aromatic N) is 2. The molecule has 2 aliphatic carbocycles. The quantitative estimate of drug-likeness (QED) is 0.318. The Bertz CT molecular complexity index is 1270. The van der Waals surface area contributed by atoms with Crippen LogP contribution in [-0.2, 0) is 27.6 Å². The van der Waals surface area contributed by atoms with E-state index in [1.165, 1.54) is 17.7 Å². The van der Waals surface area contributed by atoms with E-state index < -0.39 is 9.84 Å². The molecular weight excluding hydrogens is 555 g/mol. The molecule has 0 radical (unpaired) electrons. The Hall–Kier alpha value is -1.81. The lowest BCUT2D eigenvalue weighted by Gasteiger charge is -2.33. The van der Waals surface area contributed by atoms with Crippen molar-refractivity contribution >= 4 is 32.2 Å². The molecule has 0 saturated heterocycles. The third-order valence-electron chi connectivity index (χ3n) is 9.60. The highest BCUT2D eigenvalue weighted by atomic mass is 32.2. The van der Waals surface area contributed by atoms with E-state index in [1.54, 1.807) is 35.6 Å². The van der Waals surface area contributed by atoms with Gasteiger partial charge >= 0.3 is 0 Å². The molecule has 226 valence electrons. The second-order valence-electron chi connectivity index (χ2n) is 13.0. The lowest BCUT2D eigenvalue weighted by atomic mass is 9.86. The zero-order valence-electron chi connectivity index (χ0n) is 24.8. The minimum atomic E-state index is -3.40. The third kappa shape index (κ3) is 7.23. The number of nitrogens with one attached hydrogen (secondary N) is 1. The predicted octanol–water partition coefficient (Wildman–Crippen LogP) is 6.52. The molecule has 1 aromatic carbocycles. The van der Waals surface area contributed by atoms with E-state index in [0.29, 0.717) is 21.9 Å². The molecule has 1 aliphatic heterocycles. The zero-order valence-corrected chi connectivity index (χ0v) is 26.5. The highest BCUT2D eigenvalue weighted by Crippen LogP contribution is 2.43. The lowest BCUT2D eigenvalue weighted by Crippen LogP contribution is -2.33. The van der Waals surface area contributed by atoms with Gasteiger partial charge in [-0.15, -0.1) is 11.3 Å². The number of aliphatic hydroxyl groups is 1. The van der Waals surface area contributed by atoms with Gasteiger partial charge in [0.1, 0.15) is 0 Å². The van der Waals surface area contributed by atoms with Gasteiger partial charge in [-0.2, -0.15) is 0 Å². The number of sulfone groups is 1. The molecule has 2 N–H and O–H groups in total. The summed E-state index contributed by atoms with van der Waals surface area (Å²) >= 11 is 1.57. The largest absolute Gasteiger partial charge is 0.393 e. The summed E-state index contributed by atoms with van der Waals surface area (Å²) in [6.45, 7) is 8.22. The van der Waals surface area contributed by atoms with Gasteiger partial charge in [0.25, 0.3) is 0 Å². The Morgan fingerprint density at radius 1 is 1.02 bits per heavy atom. The van der Waals surface area contributed by atoms with Crippen LogP contribution in [0.15, 0.2) is 29.2 Å². The first kappa shape index (κ1) is 30.6. The molecule has 1 amide bonds. The highest BCUT2D eigenvalue weighted by Gasteiger charge is 2.37. The van der Waals surface area contributed by atoms with Gasteiger partial charge in [-0.05, 0) is 80.9 Å². The molecular formula is C32H47N3O4S2. The third-order valence-corrected chi connectivity index (χ3v) is 12.9. The van der Waals surface area contributed by atoms with E-state index in [4.69, 9.17) is 4.98 Å². The van der Waals surface area contributed by atoms with E-state index in [2.05, 4.69) is 24.1 Å². The van der Waals surface area contributed by atoms with E-state index >= 15 is 0 Å². The Morgan fingerprint density at radius 3 is 2.32 bits per heavy atom. The number of aromatic nitrogens is 1. The van der Waals surface area contributed by atoms with Gasteiger partial charge in [0, 0.05) is 18.0 Å². The fourth-order valence-corrected chi connectivity index (χ4v) is 9.95. The van der Waals surface area contributed by atoms with Gasteiger partial charge in [-0.1, -0.05) is 51.7 Å². The molecule has 7 nitrogen and oxygen atoms in total. The number of amides is 1. The van der Waals surface area contributed by atoms with E-state index in [-0.39, 0.29) is 35.6 Å². The number of carbonyl (C=O) groups is 1. The van der Waals surface area contributed by atoms with Crippen LogP contribution >= 0.6 is 11.3 Å². The topological polar surface area (TPSA) is 99.6 Å². The molecule has 41 heavy (non-hydrogen) atoms. The molecule has 0 spiro atoms. The van der Waals surface area contributed by atoms with Crippen molar-refractivity contribution in [2.45, 2.75) is 120 Å². The second kappa shape index (κ2) is 13.2. The summed E-state index contributed by atoms with van der Waals surface area (Å²) < 4.78 is 26.6. The number of rotatable bonds is 9. The summed E-state index contributed by atoms with van der Waals surface area (Å²) in [6.07, 6.45) is 10.6. The van der Waals surface area contributed by atoms with Crippen molar-refractivity contribution in [2.75, 3.05) is 11.9 Å². The summed E-state index contributed by atoms with van der Waals surface area (Å²) in [7, 11) is -3.40. The second-order valence-corrected chi connectivity index (χ2v) is 16.4. The van der Waals surface area contributed by atoms with Crippen LogP contribution in [0.1, 0.15) is 107 Å². The smallest absolute Gasteiger partial charge is 0.230 e. The van der Waals surface area contributed by atoms with Gasteiger partial charge in [-0.3, -0.25) is 9.69 Å². The highest BCUT2D eigenvalue weighted by molar-refractivity contribution is 7.92. The fraction of sp³-hybridized carbons (Fsp3) is 0.688. The molecule has 1 unspecified atom stereocenters. The van der Waals surface area contributed by atoms with Crippen LogP contribution in [0.25, 0.3) is 0 Å². The normalized spacial score (nSPS) is 25.1. The minimum absolute atomic E-state index is 0.134. The number of thiazole rings is 1. The maximum absolute atomic E-state index is 13.3. The number of fused-ring (bicyclic) bond motifs is 1.